The average molecular weight is 206 g/mol. The predicted octanol–water partition coefficient (Wildman–Crippen LogP) is 2.70. The molecule has 15 heavy (non-hydrogen) atoms. The van der Waals surface area contributed by atoms with E-state index in [0.29, 0.717) is 0 Å². The van der Waals surface area contributed by atoms with Crippen LogP contribution in [0, 0.1) is 17.2 Å². The lowest BCUT2D eigenvalue weighted by Crippen LogP contribution is -2.52. The minimum Gasteiger partial charge on any atom is -0.309 e. The molecule has 3 fully saturated rings. The molecule has 0 aromatic rings. The van der Waals surface area contributed by atoms with Gasteiger partial charge in [-0.05, 0) is 43.7 Å². The van der Waals surface area contributed by atoms with Gasteiger partial charge in [0.15, 0.2) is 0 Å². The van der Waals surface area contributed by atoms with Crippen molar-refractivity contribution in [3.63, 3.8) is 0 Å². The fourth-order valence-electron chi connectivity index (χ4n) is 3.26. The van der Waals surface area contributed by atoms with E-state index in [1.54, 1.807) is 0 Å². The molecular weight excluding hydrogens is 184 g/mol. The van der Waals surface area contributed by atoms with Gasteiger partial charge in [-0.3, -0.25) is 4.90 Å². The Labute approximate surface area is 92.9 Å². The topological polar surface area (TPSA) is 27.1 Å². The van der Waals surface area contributed by atoms with Crippen LogP contribution in [0.4, 0.5) is 0 Å². The van der Waals surface area contributed by atoms with Gasteiger partial charge in [-0.2, -0.15) is 0 Å². The summed E-state index contributed by atoms with van der Waals surface area (Å²) in [5, 5.41) is 6.96. The SMILES string of the molecule is CCC1CN2CCC1CC2CC=CC=N. The lowest BCUT2D eigenvalue weighted by atomic mass is 9.74. The summed E-state index contributed by atoms with van der Waals surface area (Å²) >= 11 is 0. The highest BCUT2D eigenvalue weighted by atomic mass is 15.2. The van der Waals surface area contributed by atoms with Crippen molar-refractivity contribution < 1.29 is 0 Å². The van der Waals surface area contributed by atoms with Crippen LogP contribution in [0.5, 0.6) is 0 Å². The molecule has 2 nitrogen and oxygen atoms in total. The second-order valence-electron chi connectivity index (χ2n) is 4.93. The molecule has 3 rings (SSSR count). The van der Waals surface area contributed by atoms with E-state index in [1.165, 1.54) is 38.6 Å². The fourth-order valence-corrected chi connectivity index (χ4v) is 3.26. The summed E-state index contributed by atoms with van der Waals surface area (Å²) in [6, 6.07) is 0.766. The van der Waals surface area contributed by atoms with Crippen molar-refractivity contribution >= 4 is 6.21 Å². The largest absolute Gasteiger partial charge is 0.309 e. The number of fused-ring (bicyclic) bond motifs is 3. The standard InChI is InChI=1S/C13H22N2/c1-2-11-10-15-8-6-12(11)9-13(15)5-3-4-7-14/h3-4,7,11-14H,2,5-6,8-10H2,1H3. The van der Waals surface area contributed by atoms with Gasteiger partial charge in [0.1, 0.15) is 0 Å². The van der Waals surface area contributed by atoms with Crippen molar-refractivity contribution in [2.45, 2.75) is 38.6 Å². The fraction of sp³-hybridized carbons (Fsp3) is 0.769. The third-order valence-electron chi connectivity index (χ3n) is 4.18. The van der Waals surface area contributed by atoms with Crippen molar-refractivity contribution in [2.75, 3.05) is 13.1 Å². The van der Waals surface area contributed by atoms with Crippen molar-refractivity contribution in [3.05, 3.63) is 12.2 Å². The Morgan fingerprint density at radius 1 is 1.47 bits per heavy atom. The van der Waals surface area contributed by atoms with E-state index in [-0.39, 0.29) is 0 Å². The first kappa shape index (κ1) is 10.9. The zero-order chi connectivity index (χ0) is 10.7. The van der Waals surface area contributed by atoms with E-state index in [4.69, 9.17) is 5.41 Å². The third-order valence-corrected chi connectivity index (χ3v) is 4.18. The Bertz CT molecular complexity index is 247. The molecule has 0 saturated carbocycles. The molecule has 3 aliphatic heterocycles. The summed E-state index contributed by atoms with van der Waals surface area (Å²) in [6.45, 7) is 4.96. The van der Waals surface area contributed by atoms with Crippen molar-refractivity contribution in [1.82, 2.24) is 4.90 Å². The number of hydrogen-bond donors (Lipinski definition) is 1. The highest BCUT2D eigenvalue weighted by Gasteiger charge is 2.38. The molecule has 0 spiro atoms. The Kier molecular flexibility index (Phi) is 3.57. The quantitative estimate of drug-likeness (QED) is 0.703. The second-order valence-corrected chi connectivity index (χ2v) is 4.93. The molecule has 4 atom stereocenters. The van der Waals surface area contributed by atoms with Crippen LogP contribution in [0.25, 0.3) is 0 Å². The minimum atomic E-state index is 0.766. The summed E-state index contributed by atoms with van der Waals surface area (Å²) in [7, 11) is 0. The molecule has 0 radical (unpaired) electrons. The van der Waals surface area contributed by atoms with Gasteiger partial charge in [0.25, 0.3) is 0 Å². The number of nitrogens with zero attached hydrogens (tertiary/aromatic N) is 1. The average Bonchev–Trinajstić information content (AvgIpc) is 2.30. The minimum absolute atomic E-state index is 0.766. The summed E-state index contributed by atoms with van der Waals surface area (Å²) in [4.78, 5) is 2.67. The first-order valence-electron chi connectivity index (χ1n) is 6.24. The van der Waals surface area contributed by atoms with Gasteiger partial charge in [0.2, 0.25) is 0 Å². The van der Waals surface area contributed by atoms with Crippen LogP contribution >= 0.6 is 0 Å². The lowest BCUT2D eigenvalue weighted by Gasteiger charge is -2.49. The maximum Gasteiger partial charge on any atom is 0.0174 e. The Morgan fingerprint density at radius 3 is 2.93 bits per heavy atom. The maximum atomic E-state index is 6.96. The second kappa shape index (κ2) is 4.93. The molecule has 84 valence electrons. The van der Waals surface area contributed by atoms with Crippen molar-refractivity contribution in [3.8, 4) is 0 Å². The van der Waals surface area contributed by atoms with Crippen LogP contribution in [-0.2, 0) is 0 Å². The molecule has 0 aliphatic carbocycles. The smallest absolute Gasteiger partial charge is 0.0174 e. The Balaban J connectivity index is 1.90. The zero-order valence-corrected chi connectivity index (χ0v) is 9.65. The Hall–Kier alpha value is -0.630. The van der Waals surface area contributed by atoms with E-state index >= 15 is 0 Å². The molecule has 1 N–H and O–H groups in total. The lowest BCUT2D eigenvalue weighted by molar-refractivity contribution is 0.00126. The van der Waals surface area contributed by atoms with Gasteiger partial charge in [-0.15, -0.1) is 0 Å². The summed E-state index contributed by atoms with van der Waals surface area (Å²) < 4.78 is 0. The molecular formula is C13H22N2. The molecule has 3 heterocycles. The van der Waals surface area contributed by atoms with Gasteiger partial charge in [0, 0.05) is 18.8 Å². The molecule has 3 saturated heterocycles. The molecule has 0 aromatic heterocycles. The van der Waals surface area contributed by atoms with Crippen molar-refractivity contribution in [2.24, 2.45) is 11.8 Å². The third kappa shape index (κ3) is 2.31. The van der Waals surface area contributed by atoms with Crippen LogP contribution in [0.1, 0.15) is 32.6 Å². The molecule has 0 amide bonds. The zero-order valence-electron chi connectivity index (χ0n) is 9.65. The number of hydrogen-bond acceptors (Lipinski definition) is 2. The first-order valence-corrected chi connectivity index (χ1v) is 6.24. The van der Waals surface area contributed by atoms with Crippen LogP contribution in [-0.4, -0.2) is 30.2 Å². The van der Waals surface area contributed by atoms with Crippen LogP contribution in [0.15, 0.2) is 12.2 Å². The Morgan fingerprint density at radius 2 is 2.33 bits per heavy atom. The van der Waals surface area contributed by atoms with E-state index in [1.807, 2.05) is 6.08 Å². The summed E-state index contributed by atoms with van der Waals surface area (Å²) in [6.07, 6.45) is 10.7. The van der Waals surface area contributed by atoms with Crippen LogP contribution < -0.4 is 0 Å². The van der Waals surface area contributed by atoms with Gasteiger partial charge < -0.3 is 5.41 Å². The van der Waals surface area contributed by atoms with Crippen LogP contribution in [0.2, 0.25) is 0 Å². The molecule has 4 unspecified atom stereocenters. The van der Waals surface area contributed by atoms with Gasteiger partial charge in [-0.25, -0.2) is 0 Å². The highest BCUT2D eigenvalue weighted by molar-refractivity contribution is 5.67. The van der Waals surface area contributed by atoms with E-state index in [2.05, 4.69) is 17.9 Å². The van der Waals surface area contributed by atoms with Gasteiger partial charge in [0.05, 0.1) is 0 Å². The number of allylic oxidation sites excluding steroid dienone is 1. The van der Waals surface area contributed by atoms with Crippen LogP contribution in [0.3, 0.4) is 0 Å². The normalized spacial score (nSPS) is 39.8. The highest BCUT2D eigenvalue weighted by Crippen LogP contribution is 2.38. The van der Waals surface area contributed by atoms with Gasteiger partial charge in [-0.1, -0.05) is 19.4 Å². The maximum absolute atomic E-state index is 6.96. The van der Waals surface area contributed by atoms with E-state index in [0.717, 1.165) is 24.3 Å². The molecule has 3 aliphatic rings. The molecule has 0 aromatic carbocycles. The monoisotopic (exact) mass is 206 g/mol. The number of rotatable bonds is 4. The molecule has 2 heteroatoms. The molecule has 2 bridgehead atoms. The number of nitrogens with one attached hydrogen (secondary N) is 1. The van der Waals surface area contributed by atoms with Crippen molar-refractivity contribution in [1.29, 1.82) is 5.41 Å². The van der Waals surface area contributed by atoms with E-state index in [9.17, 15) is 0 Å². The summed E-state index contributed by atoms with van der Waals surface area (Å²) in [5.74, 6) is 1.94. The van der Waals surface area contributed by atoms with E-state index < -0.39 is 0 Å². The predicted molar refractivity (Wildman–Crippen MR) is 64.4 cm³/mol. The van der Waals surface area contributed by atoms with Gasteiger partial charge >= 0.3 is 0 Å². The first-order chi connectivity index (χ1) is 7.35. The summed E-state index contributed by atoms with van der Waals surface area (Å²) in [5.41, 5.74) is 0. The number of piperidine rings is 3.